The Morgan fingerprint density at radius 1 is 0.532 bits per heavy atom. The summed E-state index contributed by atoms with van der Waals surface area (Å²) in [5, 5.41) is 2.78. The van der Waals surface area contributed by atoms with Gasteiger partial charge < -0.3 is 55.3 Å². The molecule has 0 spiro atoms. The lowest BCUT2D eigenvalue weighted by Crippen LogP contribution is -2.51. The third-order valence-corrected chi connectivity index (χ3v) is 8.10. The Labute approximate surface area is 362 Å². The van der Waals surface area contributed by atoms with E-state index in [1.807, 2.05) is 64.1 Å². The van der Waals surface area contributed by atoms with Crippen LogP contribution in [0.3, 0.4) is 0 Å². The monoisotopic (exact) mass is 885 g/mol. The first kappa shape index (κ1) is 55.9. The fourth-order valence-electron chi connectivity index (χ4n) is 4.67. The van der Waals surface area contributed by atoms with Gasteiger partial charge in [-0.05, 0) is 92.9 Å². The molecule has 340 valence electrons. The number of benzene rings is 4. The zero-order chi connectivity index (χ0) is 47.6. The van der Waals surface area contributed by atoms with Gasteiger partial charge in [0, 0.05) is 35.2 Å². The number of nitrogens with two attached hydrogens (primary N) is 2. The minimum atomic E-state index is -5.17. The van der Waals surface area contributed by atoms with Gasteiger partial charge in [-0.25, -0.2) is 19.2 Å². The largest absolute Gasteiger partial charge is 0.759 e. The second-order valence-corrected chi connectivity index (χ2v) is 13.9. The summed E-state index contributed by atoms with van der Waals surface area (Å²) >= 11 is 0. The summed E-state index contributed by atoms with van der Waals surface area (Å²) in [6.07, 6.45) is 0. The summed E-state index contributed by atoms with van der Waals surface area (Å²) in [5.74, 6) is -1.50. The van der Waals surface area contributed by atoms with Gasteiger partial charge in [-0.15, -0.1) is 0 Å². The van der Waals surface area contributed by atoms with Crippen molar-refractivity contribution in [1.82, 2.24) is 5.32 Å². The molecule has 1 amide bonds. The average Bonchev–Trinajstić information content (AvgIpc) is 3.25. The molecule has 18 nitrogen and oxygen atoms in total. The third kappa shape index (κ3) is 23.1. The smallest absolute Gasteiger partial charge is 0.337 e. The Balaban J connectivity index is 0.000000778. The van der Waals surface area contributed by atoms with Gasteiger partial charge in [-0.3, -0.25) is 13.2 Å². The van der Waals surface area contributed by atoms with Crippen molar-refractivity contribution in [3.63, 3.8) is 0 Å². The Morgan fingerprint density at radius 2 is 0.774 bits per heavy atom. The van der Waals surface area contributed by atoms with Crippen LogP contribution in [0.2, 0.25) is 0 Å². The fraction of sp³-hybridized carbons (Fsp3) is 0.326. The second-order valence-electron chi connectivity index (χ2n) is 13.1. The molecule has 1 unspecified atom stereocenters. The second kappa shape index (κ2) is 29.2. The van der Waals surface area contributed by atoms with Gasteiger partial charge in [0.2, 0.25) is 5.91 Å². The molecular weight excluding hydrogens is 829 g/mol. The molecule has 4 aromatic carbocycles. The maximum Gasteiger partial charge on any atom is 0.337 e. The van der Waals surface area contributed by atoms with Gasteiger partial charge >= 0.3 is 23.9 Å². The van der Waals surface area contributed by atoms with Crippen LogP contribution in [-0.4, -0.2) is 89.5 Å². The SMILES string of the molecule is COC(=O)c1ccc([C@@H](C)N)cc1.COC(=O)c1ccc([C@H](C)N)cc1.COC(=O)c1ccc([C@H](C)[NH3+])cc1.COCC(=O)NC(C)c1ccc(C(=O)OC)cc1.O=S(=O)([O-])[O-]. The highest BCUT2D eigenvalue weighted by molar-refractivity contribution is 7.79. The number of nitrogens with one attached hydrogen (secondary N) is 1. The number of carbonyl (C=O) groups excluding carboxylic acids is 5. The van der Waals surface area contributed by atoms with Crippen molar-refractivity contribution in [2.45, 2.75) is 51.9 Å². The average molecular weight is 886 g/mol. The molecule has 62 heavy (non-hydrogen) atoms. The van der Waals surface area contributed by atoms with E-state index in [4.69, 9.17) is 33.7 Å². The Bertz CT molecular complexity index is 1920. The summed E-state index contributed by atoms with van der Waals surface area (Å²) in [7, 11) is 1.74. The molecule has 8 N–H and O–H groups in total. The van der Waals surface area contributed by atoms with E-state index in [1.54, 1.807) is 60.7 Å². The topological polar surface area (TPSA) is 303 Å². The first-order chi connectivity index (χ1) is 29.0. The van der Waals surface area contributed by atoms with Crippen LogP contribution in [-0.2, 0) is 38.9 Å². The zero-order valence-electron chi connectivity index (χ0n) is 36.2. The van der Waals surface area contributed by atoms with Crippen LogP contribution < -0.4 is 22.5 Å². The van der Waals surface area contributed by atoms with Crippen LogP contribution in [0.1, 0.15) is 116 Å². The molecule has 0 heterocycles. The third-order valence-electron chi connectivity index (χ3n) is 8.10. The van der Waals surface area contributed by atoms with Gasteiger partial charge in [-0.1, -0.05) is 48.5 Å². The molecule has 0 fully saturated rings. The number of ether oxygens (including phenoxy) is 5. The number of methoxy groups -OCH3 is 5. The lowest BCUT2D eigenvalue weighted by molar-refractivity contribution is -0.420. The number of carbonyl (C=O) groups is 5. The summed E-state index contributed by atoms with van der Waals surface area (Å²) in [5.41, 5.74) is 21.4. The first-order valence-corrected chi connectivity index (χ1v) is 19.9. The van der Waals surface area contributed by atoms with E-state index in [9.17, 15) is 24.0 Å². The van der Waals surface area contributed by atoms with Crippen molar-refractivity contribution in [1.29, 1.82) is 0 Å². The predicted octanol–water partition coefficient (Wildman–Crippen LogP) is 3.72. The normalized spacial score (nSPS) is 12.0. The van der Waals surface area contributed by atoms with E-state index >= 15 is 0 Å². The van der Waals surface area contributed by atoms with Crippen LogP contribution >= 0.6 is 0 Å². The summed E-state index contributed by atoms with van der Waals surface area (Å²) in [6.45, 7) is 7.69. The lowest BCUT2D eigenvalue weighted by atomic mass is 10.1. The van der Waals surface area contributed by atoms with E-state index in [0.717, 1.165) is 22.3 Å². The molecule has 0 aliphatic carbocycles. The van der Waals surface area contributed by atoms with Gasteiger partial charge in [0.15, 0.2) is 0 Å². The number of hydrogen-bond acceptors (Lipinski definition) is 16. The Kier molecular flexibility index (Phi) is 26.4. The summed E-state index contributed by atoms with van der Waals surface area (Å²) in [4.78, 5) is 55.7. The molecule has 0 saturated heterocycles. The van der Waals surface area contributed by atoms with E-state index in [2.05, 4.69) is 30.0 Å². The van der Waals surface area contributed by atoms with Gasteiger partial charge in [0.1, 0.15) is 12.6 Å². The molecule has 0 bridgehead atoms. The Morgan fingerprint density at radius 3 is 0.984 bits per heavy atom. The number of quaternary nitrogens is 1. The Hall–Kier alpha value is -6.06. The molecule has 4 atom stereocenters. The minimum absolute atomic E-state index is 0.00769. The van der Waals surface area contributed by atoms with Crippen molar-refractivity contribution >= 4 is 40.2 Å². The van der Waals surface area contributed by atoms with E-state index < -0.39 is 10.4 Å². The summed E-state index contributed by atoms with van der Waals surface area (Å²) in [6, 6.07) is 28.4. The predicted molar refractivity (Wildman–Crippen MR) is 227 cm³/mol. The van der Waals surface area contributed by atoms with Crippen molar-refractivity contribution in [3.8, 4) is 0 Å². The molecule has 0 saturated carbocycles. The molecule has 19 heteroatoms. The van der Waals surface area contributed by atoms with Crippen molar-refractivity contribution in [3.05, 3.63) is 142 Å². The molecule has 4 rings (SSSR count). The fourth-order valence-corrected chi connectivity index (χ4v) is 4.67. The van der Waals surface area contributed by atoms with Crippen molar-refractivity contribution in [2.75, 3.05) is 42.2 Å². The highest BCUT2D eigenvalue weighted by Crippen LogP contribution is 2.15. The standard InChI is InChI=1S/C13H17NO4.3C10H13NO2.H2O4S/c1-9(14-12(15)8-17-2)10-4-6-11(7-5-10)13(16)18-3;3*1-7(11)8-3-5-9(6-4-8)10(12)13-2;1-5(2,3)4/h4-7,9H,8H2,1-3H3,(H,14,15);3*3-7H,11H2,1-2H3;(H2,1,2,3,4)/p-1/t;3*7-;/m.100./s1. The van der Waals surface area contributed by atoms with Crippen LogP contribution in [0.15, 0.2) is 97.1 Å². The molecule has 0 aliphatic rings. The number of rotatable bonds is 11. The van der Waals surface area contributed by atoms with Crippen molar-refractivity contribution < 1.29 is 70.9 Å². The highest BCUT2D eigenvalue weighted by atomic mass is 32.3. The molecule has 4 aromatic rings. The molecule has 0 radical (unpaired) electrons. The number of amides is 1. The zero-order valence-corrected chi connectivity index (χ0v) is 37.1. The first-order valence-electron chi connectivity index (χ1n) is 18.6. The maximum absolute atomic E-state index is 11.3. The van der Waals surface area contributed by atoms with Crippen molar-refractivity contribution in [2.24, 2.45) is 11.5 Å². The lowest BCUT2D eigenvalue weighted by Gasteiger charge is -2.14. The highest BCUT2D eigenvalue weighted by Gasteiger charge is 2.12. The van der Waals surface area contributed by atoms with Gasteiger partial charge in [0.05, 0.1) is 56.7 Å². The van der Waals surface area contributed by atoms with E-state index in [0.29, 0.717) is 22.3 Å². The molecule has 0 aromatic heterocycles. The van der Waals surface area contributed by atoms with Crippen LogP contribution in [0.4, 0.5) is 0 Å². The number of esters is 4. The van der Waals surface area contributed by atoms with Crippen LogP contribution in [0, 0.1) is 0 Å². The van der Waals surface area contributed by atoms with E-state index in [1.165, 1.54) is 35.5 Å². The van der Waals surface area contributed by atoms with Gasteiger partial charge in [0.25, 0.3) is 0 Å². The summed E-state index contributed by atoms with van der Waals surface area (Å²) < 4.78 is 57.1. The quantitative estimate of drug-likeness (QED) is 0.0722. The van der Waals surface area contributed by atoms with Crippen LogP contribution in [0.5, 0.6) is 0 Å². The molecular formula is C43H57N4O14S-. The van der Waals surface area contributed by atoms with Crippen LogP contribution in [0.25, 0.3) is 0 Å². The van der Waals surface area contributed by atoms with Gasteiger partial charge in [-0.2, -0.15) is 0 Å². The number of hydrogen-bond donors (Lipinski definition) is 4. The maximum atomic E-state index is 11.3. The molecule has 0 aliphatic heterocycles. The van der Waals surface area contributed by atoms with E-state index in [-0.39, 0.29) is 60.6 Å². The minimum Gasteiger partial charge on any atom is -0.759 e.